The van der Waals surface area contributed by atoms with Gasteiger partial charge in [0.05, 0.1) is 6.61 Å². The van der Waals surface area contributed by atoms with Crippen molar-refractivity contribution in [3.8, 4) is 0 Å². The lowest BCUT2D eigenvalue weighted by Gasteiger charge is -2.49. The summed E-state index contributed by atoms with van der Waals surface area (Å²) in [6, 6.07) is 0. The Morgan fingerprint density at radius 3 is 2.04 bits per heavy atom. The quantitative estimate of drug-likeness (QED) is 0.547. The van der Waals surface area contributed by atoms with Crippen LogP contribution in [0, 0.1) is 22.7 Å². The molecule has 5 atom stereocenters. The summed E-state index contributed by atoms with van der Waals surface area (Å²) in [5.41, 5.74) is -0.0216. The molecule has 0 amide bonds. The van der Waals surface area contributed by atoms with Gasteiger partial charge in [0.1, 0.15) is 12.2 Å². The molecular formula is C20H32O6. The molecule has 2 aliphatic carbocycles. The minimum absolute atomic E-state index is 0.127. The van der Waals surface area contributed by atoms with Crippen LogP contribution in [-0.2, 0) is 28.6 Å². The maximum Gasteiger partial charge on any atom is 0.303 e. The summed E-state index contributed by atoms with van der Waals surface area (Å²) in [5, 5.41) is 0. The van der Waals surface area contributed by atoms with Crippen LogP contribution in [0.4, 0.5) is 0 Å². The van der Waals surface area contributed by atoms with Crippen LogP contribution in [0.15, 0.2) is 0 Å². The second-order valence-electron chi connectivity index (χ2n) is 9.01. The number of rotatable bonds is 5. The SMILES string of the molecule is CC(=O)OCC[C@@]1(C)C[C@H](OC(C)=O)[C@@H](OC(C)=O)[C@@H]2CC(C)(C)C[C@@H]21. The van der Waals surface area contributed by atoms with Gasteiger partial charge in [-0.15, -0.1) is 0 Å². The van der Waals surface area contributed by atoms with Crippen LogP contribution in [-0.4, -0.2) is 36.7 Å². The van der Waals surface area contributed by atoms with Crippen molar-refractivity contribution in [2.75, 3.05) is 6.61 Å². The first-order chi connectivity index (χ1) is 11.9. The highest BCUT2D eigenvalue weighted by molar-refractivity contribution is 5.67. The molecule has 0 aromatic carbocycles. The van der Waals surface area contributed by atoms with E-state index in [9.17, 15) is 14.4 Å². The second-order valence-corrected chi connectivity index (χ2v) is 9.01. The van der Waals surface area contributed by atoms with Gasteiger partial charge in [-0.3, -0.25) is 14.4 Å². The van der Waals surface area contributed by atoms with Gasteiger partial charge in [0.25, 0.3) is 0 Å². The summed E-state index contributed by atoms with van der Waals surface area (Å²) in [4.78, 5) is 34.5. The maximum atomic E-state index is 11.7. The first-order valence-corrected chi connectivity index (χ1v) is 9.41. The molecule has 6 nitrogen and oxygen atoms in total. The lowest BCUT2D eigenvalue weighted by atomic mass is 9.60. The van der Waals surface area contributed by atoms with Crippen LogP contribution in [0.3, 0.4) is 0 Å². The molecule has 26 heavy (non-hydrogen) atoms. The Bertz CT molecular complexity index is 569. The molecule has 0 radical (unpaired) electrons. The summed E-state index contributed by atoms with van der Waals surface area (Å²) in [6.07, 6.45) is 2.35. The normalized spacial score (nSPS) is 35.3. The third-order valence-corrected chi connectivity index (χ3v) is 6.03. The van der Waals surface area contributed by atoms with E-state index in [4.69, 9.17) is 14.2 Å². The minimum atomic E-state index is -0.464. The number of fused-ring (bicyclic) bond motifs is 1. The summed E-state index contributed by atoms with van der Waals surface area (Å²) in [6.45, 7) is 11.2. The molecular weight excluding hydrogens is 336 g/mol. The van der Waals surface area contributed by atoms with Crippen LogP contribution >= 0.6 is 0 Å². The Labute approximate surface area is 155 Å². The molecule has 0 N–H and O–H groups in total. The van der Waals surface area contributed by atoms with Gasteiger partial charge in [-0.25, -0.2) is 0 Å². The fraction of sp³-hybridized carbons (Fsp3) is 0.850. The molecule has 0 aromatic heterocycles. The molecule has 0 aromatic rings. The largest absolute Gasteiger partial charge is 0.466 e. The number of hydrogen-bond acceptors (Lipinski definition) is 6. The van der Waals surface area contributed by atoms with Crippen molar-refractivity contribution < 1.29 is 28.6 Å². The van der Waals surface area contributed by atoms with E-state index in [0.717, 1.165) is 12.8 Å². The maximum absolute atomic E-state index is 11.7. The second kappa shape index (κ2) is 7.57. The van der Waals surface area contributed by atoms with Crippen LogP contribution in [0.1, 0.15) is 67.2 Å². The molecule has 0 aliphatic heterocycles. The number of esters is 3. The van der Waals surface area contributed by atoms with Crippen LogP contribution in [0.25, 0.3) is 0 Å². The van der Waals surface area contributed by atoms with E-state index in [-0.39, 0.29) is 34.7 Å². The molecule has 2 saturated carbocycles. The van der Waals surface area contributed by atoms with Gasteiger partial charge in [0, 0.05) is 26.7 Å². The lowest BCUT2D eigenvalue weighted by Crippen LogP contribution is -2.52. The zero-order chi connectivity index (χ0) is 19.7. The fourth-order valence-corrected chi connectivity index (χ4v) is 5.11. The van der Waals surface area contributed by atoms with E-state index in [2.05, 4.69) is 20.8 Å². The van der Waals surface area contributed by atoms with E-state index >= 15 is 0 Å². The van der Waals surface area contributed by atoms with E-state index in [1.807, 2.05) is 0 Å². The van der Waals surface area contributed by atoms with Crippen molar-refractivity contribution in [1.29, 1.82) is 0 Å². The van der Waals surface area contributed by atoms with Crippen LogP contribution < -0.4 is 0 Å². The first kappa shape index (κ1) is 20.7. The van der Waals surface area contributed by atoms with Crippen molar-refractivity contribution in [2.45, 2.75) is 79.4 Å². The van der Waals surface area contributed by atoms with Gasteiger partial charge >= 0.3 is 17.9 Å². The van der Waals surface area contributed by atoms with Crippen LogP contribution in [0.5, 0.6) is 0 Å². The molecule has 0 heterocycles. The Balaban J connectivity index is 2.31. The predicted molar refractivity (Wildman–Crippen MR) is 95.1 cm³/mol. The van der Waals surface area contributed by atoms with Gasteiger partial charge in [0.15, 0.2) is 0 Å². The number of carbonyl (C=O) groups is 3. The van der Waals surface area contributed by atoms with Crippen molar-refractivity contribution in [2.24, 2.45) is 22.7 Å². The fourth-order valence-electron chi connectivity index (χ4n) is 5.11. The average molecular weight is 368 g/mol. The van der Waals surface area contributed by atoms with E-state index in [1.54, 1.807) is 0 Å². The molecule has 6 heteroatoms. The Morgan fingerprint density at radius 1 is 0.885 bits per heavy atom. The standard InChI is InChI=1S/C20H32O6/c1-12(21)24-8-7-20(6)11-17(25-13(2)22)18(26-14(3)23)15-9-19(4,5)10-16(15)20/h15-18H,7-11H2,1-6H3/t15-,16+,17+,18+,20+/m1/s1. The highest BCUT2D eigenvalue weighted by Gasteiger charge is 2.58. The van der Waals surface area contributed by atoms with Gasteiger partial charge in [0.2, 0.25) is 0 Å². The molecule has 2 aliphatic rings. The monoisotopic (exact) mass is 368 g/mol. The summed E-state index contributed by atoms with van der Waals surface area (Å²) in [5.74, 6) is -0.551. The van der Waals surface area contributed by atoms with Crippen molar-refractivity contribution in [3.05, 3.63) is 0 Å². The molecule has 0 unspecified atom stereocenters. The molecule has 0 bridgehead atoms. The van der Waals surface area contributed by atoms with Crippen LogP contribution in [0.2, 0.25) is 0 Å². The number of carbonyl (C=O) groups excluding carboxylic acids is 3. The van der Waals surface area contributed by atoms with Gasteiger partial charge in [-0.05, 0) is 42.4 Å². The number of ether oxygens (including phenoxy) is 3. The predicted octanol–water partition coefficient (Wildman–Crippen LogP) is 3.27. The zero-order valence-corrected chi connectivity index (χ0v) is 16.8. The first-order valence-electron chi connectivity index (χ1n) is 9.41. The van der Waals surface area contributed by atoms with Gasteiger partial charge < -0.3 is 14.2 Å². The van der Waals surface area contributed by atoms with E-state index in [1.165, 1.54) is 20.8 Å². The highest BCUT2D eigenvalue weighted by Crippen LogP contribution is 2.60. The van der Waals surface area contributed by atoms with Crippen molar-refractivity contribution >= 4 is 17.9 Å². The summed E-state index contributed by atoms with van der Waals surface area (Å²) < 4.78 is 16.4. The van der Waals surface area contributed by atoms with E-state index < -0.39 is 12.2 Å². The number of hydrogen-bond donors (Lipinski definition) is 0. The highest BCUT2D eigenvalue weighted by atomic mass is 16.6. The Hall–Kier alpha value is -1.59. The topological polar surface area (TPSA) is 78.9 Å². The molecule has 2 rings (SSSR count). The van der Waals surface area contributed by atoms with Gasteiger partial charge in [-0.1, -0.05) is 20.8 Å². The molecule has 148 valence electrons. The zero-order valence-electron chi connectivity index (χ0n) is 16.8. The van der Waals surface area contributed by atoms with E-state index in [0.29, 0.717) is 25.4 Å². The minimum Gasteiger partial charge on any atom is -0.466 e. The third kappa shape index (κ3) is 4.77. The third-order valence-electron chi connectivity index (χ3n) is 6.03. The smallest absolute Gasteiger partial charge is 0.303 e. The Kier molecular flexibility index (Phi) is 6.03. The lowest BCUT2D eigenvalue weighted by molar-refractivity contribution is -0.188. The molecule has 0 spiro atoms. The van der Waals surface area contributed by atoms with Crippen molar-refractivity contribution in [1.82, 2.24) is 0 Å². The summed E-state index contributed by atoms with van der Waals surface area (Å²) in [7, 11) is 0. The Morgan fingerprint density at radius 2 is 1.50 bits per heavy atom. The average Bonchev–Trinajstić information content (AvgIpc) is 2.79. The molecule has 0 saturated heterocycles. The van der Waals surface area contributed by atoms with Crippen molar-refractivity contribution in [3.63, 3.8) is 0 Å². The van der Waals surface area contributed by atoms with Gasteiger partial charge in [-0.2, -0.15) is 0 Å². The molecule has 2 fully saturated rings. The summed E-state index contributed by atoms with van der Waals surface area (Å²) >= 11 is 0.